The number of rotatable bonds is 4. The number of hydrogen-bond acceptors (Lipinski definition) is 2. The standard InChI is InChI=1S/C17H22O2/c1-2-15(18)19-6-5-10-7-13-9-14(10)17-12-4-3-11(8-12)16(13)17/h2-4,10-14,16-17H,1,5-9H2. The molecule has 4 rings (SSSR count). The van der Waals surface area contributed by atoms with Gasteiger partial charge in [-0.2, -0.15) is 0 Å². The van der Waals surface area contributed by atoms with Crippen LogP contribution in [0.25, 0.3) is 0 Å². The first-order valence-corrected chi connectivity index (χ1v) is 7.75. The topological polar surface area (TPSA) is 26.3 Å². The molecule has 3 saturated carbocycles. The Kier molecular flexibility index (Phi) is 2.61. The van der Waals surface area contributed by atoms with Crippen LogP contribution in [0.5, 0.6) is 0 Å². The predicted molar refractivity (Wildman–Crippen MR) is 73.2 cm³/mol. The molecular formula is C17H22O2. The summed E-state index contributed by atoms with van der Waals surface area (Å²) in [6, 6.07) is 0. The summed E-state index contributed by atoms with van der Waals surface area (Å²) in [7, 11) is 0. The van der Waals surface area contributed by atoms with Crippen LogP contribution in [-0.4, -0.2) is 12.6 Å². The molecule has 4 bridgehead atoms. The average molecular weight is 258 g/mol. The maximum absolute atomic E-state index is 11.1. The Labute approximate surface area is 114 Å². The fourth-order valence-corrected chi connectivity index (χ4v) is 5.85. The lowest BCUT2D eigenvalue weighted by Crippen LogP contribution is -2.31. The van der Waals surface area contributed by atoms with E-state index in [4.69, 9.17) is 4.74 Å². The van der Waals surface area contributed by atoms with Crippen molar-refractivity contribution in [3.63, 3.8) is 0 Å². The van der Waals surface area contributed by atoms with Gasteiger partial charge in [0.15, 0.2) is 0 Å². The van der Waals surface area contributed by atoms with E-state index in [1.54, 1.807) is 0 Å². The summed E-state index contributed by atoms with van der Waals surface area (Å²) in [4.78, 5) is 11.1. The highest BCUT2D eigenvalue weighted by Gasteiger charge is 2.60. The lowest BCUT2D eigenvalue weighted by atomic mass is 9.69. The molecule has 2 nitrogen and oxygen atoms in total. The van der Waals surface area contributed by atoms with E-state index >= 15 is 0 Å². The van der Waals surface area contributed by atoms with Crippen molar-refractivity contribution in [2.45, 2.75) is 25.7 Å². The van der Waals surface area contributed by atoms with Crippen LogP contribution in [0.15, 0.2) is 24.8 Å². The number of allylic oxidation sites excluding steroid dienone is 2. The van der Waals surface area contributed by atoms with Crippen molar-refractivity contribution in [3.05, 3.63) is 24.8 Å². The predicted octanol–water partition coefficient (Wildman–Crippen LogP) is 3.20. The van der Waals surface area contributed by atoms with Crippen LogP contribution in [0.1, 0.15) is 25.7 Å². The molecule has 0 aliphatic heterocycles. The Balaban J connectivity index is 1.39. The van der Waals surface area contributed by atoms with Crippen LogP contribution in [0.2, 0.25) is 0 Å². The SMILES string of the molecule is C=CC(=O)OCCC1CC2CC1C1C3C=CC(C3)C21. The van der Waals surface area contributed by atoms with Gasteiger partial charge in [-0.1, -0.05) is 18.7 Å². The van der Waals surface area contributed by atoms with Crippen molar-refractivity contribution in [2.75, 3.05) is 6.61 Å². The lowest BCUT2D eigenvalue weighted by Gasteiger charge is -2.36. The largest absolute Gasteiger partial charge is 0.463 e. The fraction of sp³-hybridized carbons (Fsp3) is 0.706. The monoisotopic (exact) mass is 258 g/mol. The van der Waals surface area contributed by atoms with Gasteiger partial charge in [-0.05, 0) is 67.1 Å². The van der Waals surface area contributed by atoms with Gasteiger partial charge < -0.3 is 4.74 Å². The first kappa shape index (κ1) is 11.7. The smallest absolute Gasteiger partial charge is 0.330 e. The first-order valence-electron chi connectivity index (χ1n) is 7.75. The number of carbonyl (C=O) groups excluding carboxylic acids is 1. The quantitative estimate of drug-likeness (QED) is 0.335. The van der Waals surface area contributed by atoms with Crippen molar-refractivity contribution in [1.29, 1.82) is 0 Å². The van der Waals surface area contributed by atoms with Gasteiger partial charge in [-0.15, -0.1) is 0 Å². The number of hydrogen-bond donors (Lipinski definition) is 0. The van der Waals surface area contributed by atoms with Crippen LogP contribution < -0.4 is 0 Å². The molecule has 0 aromatic rings. The lowest BCUT2D eigenvalue weighted by molar-refractivity contribution is -0.138. The Morgan fingerprint density at radius 3 is 2.79 bits per heavy atom. The van der Waals surface area contributed by atoms with Gasteiger partial charge in [-0.25, -0.2) is 4.79 Å². The zero-order valence-corrected chi connectivity index (χ0v) is 11.3. The summed E-state index contributed by atoms with van der Waals surface area (Å²) in [5, 5.41) is 0. The van der Waals surface area contributed by atoms with Gasteiger partial charge in [0.2, 0.25) is 0 Å². The maximum atomic E-state index is 11.1. The number of fused-ring (bicyclic) bond motifs is 9. The Hall–Kier alpha value is -1.05. The van der Waals surface area contributed by atoms with Crippen molar-refractivity contribution in [2.24, 2.45) is 41.4 Å². The molecule has 7 unspecified atom stereocenters. The van der Waals surface area contributed by atoms with E-state index in [0.29, 0.717) is 6.61 Å². The molecule has 0 spiro atoms. The van der Waals surface area contributed by atoms with Crippen LogP contribution in [-0.2, 0) is 9.53 Å². The molecule has 3 fully saturated rings. The minimum absolute atomic E-state index is 0.274. The van der Waals surface area contributed by atoms with E-state index in [9.17, 15) is 4.79 Å². The highest BCUT2D eigenvalue weighted by atomic mass is 16.5. The molecule has 0 radical (unpaired) electrons. The first-order chi connectivity index (χ1) is 9.28. The van der Waals surface area contributed by atoms with Gasteiger partial charge in [0.1, 0.15) is 0 Å². The Bertz CT molecular complexity index is 439. The minimum Gasteiger partial charge on any atom is -0.463 e. The molecule has 0 saturated heterocycles. The number of ether oxygens (including phenoxy) is 1. The van der Waals surface area contributed by atoms with Crippen LogP contribution in [0.3, 0.4) is 0 Å². The van der Waals surface area contributed by atoms with E-state index in [-0.39, 0.29) is 5.97 Å². The summed E-state index contributed by atoms with van der Waals surface area (Å²) >= 11 is 0. The summed E-state index contributed by atoms with van der Waals surface area (Å²) in [6.07, 6.45) is 11.6. The van der Waals surface area contributed by atoms with E-state index < -0.39 is 0 Å². The summed E-state index contributed by atoms with van der Waals surface area (Å²) in [5.74, 6) is 6.17. The van der Waals surface area contributed by atoms with E-state index in [1.165, 1.54) is 25.3 Å². The van der Waals surface area contributed by atoms with E-state index in [2.05, 4.69) is 18.7 Å². The maximum Gasteiger partial charge on any atom is 0.330 e. The third-order valence-corrected chi connectivity index (χ3v) is 6.31. The Morgan fingerprint density at radius 2 is 2.00 bits per heavy atom. The zero-order valence-electron chi connectivity index (χ0n) is 11.3. The molecule has 0 aromatic heterocycles. The van der Waals surface area contributed by atoms with E-state index in [0.717, 1.165) is 47.8 Å². The molecule has 7 atom stereocenters. The van der Waals surface area contributed by atoms with Crippen LogP contribution in [0.4, 0.5) is 0 Å². The van der Waals surface area contributed by atoms with Crippen LogP contribution in [0, 0.1) is 41.4 Å². The molecule has 2 heteroatoms. The third kappa shape index (κ3) is 1.65. The van der Waals surface area contributed by atoms with Crippen molar-refractivity contribution in [1.82, 2.24) is 0 Å². The highest BCUT2D eigenvalue weighted by Crippen LogP contribution is 2.67. The van der Waals surface area contributed by atoms with Crippen molar-refractivity contribution in [3.8, 4) is 0 Å². The molecule has 0 aromatic carbocycles. The number of esters is 1. The molecule has 19 heavy (non-hydrogen) atoms. The van der Waals surface area contributed by atoms with Gasteiger partial charge in [0.05, 0.1) is 6.61 Å². The molecule has 0 N–H and O–H groups in total. The second-order valence-corrected chi connectivity index (χ2v) is 6.92. The average Bonchev–Trinajstić information content (AvgIpc) is 3.16. The number of carbonyl (C=O) groups is 1. The van der Waals surface area contributed by atoms with Crippen LogP contribution >= 0.6 is 0 Å². The molecule has 0 amide bonds. The van der Waals surface area contributed by atoms with Gasteiger partial charge in [0, 0.05) is 6.08 Å². The second-order valence-electron chi connectivity index (χ2n) is 6.92. The molecule has 0 heterocycles. The van der Waals surface area contributed by atoms with Gasteiger partial charge in [0.25, 0.3) is 0 Å². The van der Waals surface area contributed by atoms with Gasteiger partial charge in [-0.3, -0.25) is 0 Å². The third-order valence-electron chi connectivity index (χ3n) is 6.31. The normalized spacial score (nSPS) is 48.5. The highest BCUT2D eigenvalue weighted by molar-refractivity contribution is 5.81. The molecule has 4 aliphatic carbocycles. The van der Waals surface area contributed by atoms with E-state index in [1.807, 2.05) is 0 Å². The minimum atomic E-state index is -0.274. The summed E-state index contributed by atoms with van der Waals surface area (Å²) < 4.78 is 5.16. The zero-order chi connectivity index (χ0) is 13.0. The van der Waals surface area contributed by atoms with Crippen molar-refractivity contribution < 1.29 is 9.53 Å². The summed E-state index contributed by atoms with van der Waals surface area (Å²) in [5.41, 5.74) is 0. The van der Waals surface area contributed by atoms with Gasteiger partial charge >= 0.3 is 5.97 Å². The fourth-order valence-electron chi connectivity index (χ4n) is 5.85. The second kappa shape index (κ2) is 4.22. The Morgan fingerprint density at radius 1 is 1.21 bits per heavy atom. The molecular weight excluding hydrogens is 236 g/mol. The molecule has 4 aliphatic rings. The molecule has 102 valence electrons. The summed E-state index contributed by atoms with van der Waals surface area (Å²) in [6.45, 7) is 4.02. The van der Waals surface area contributed by atoms with Crippen molar-refractivity contribution >= 4 is 5.97 Å².